The quantitative estimate of drug-likeness (QED) is 0.373. The highest BCUT2D eigenvalue weighted by Gasteiger charge is 2.09. The van der Waals surface area contributed by atoms with Gasteiger partial charge in [-0.1, -0.05) is 48.5 Å². The number of non-ortho nitro benzene ring substituents is 1. The first-order chi connectivity index (χ1) is 14.0. The number of nitro benzene ring substituents is 1. The molecule has 0 unspecified atom stereocenters. The van der Waals surface area contributed by atoms with Crippen molar-refractivity contribution in [3.8, 4) is 16.9 Å². The van der Waals surface area contributed by atoms with Gasteiger partial charge in [0.25, 0.3) is 11.6 Å². The van der Waals surface area contributed by atoms with E-state index >= 15 is 0 Å². The molecule has 1 amide bonds. The van der Waals surface area contributed by atoms with E-state index in [-0.39, 0.29) is 12.3 Å². The van der Waals surface area contributed by atoms with Crippen molar-refractivity contribution >= 4 is 17.3 Å². The van der Waals surface area contributed by atoms with Crippen LogP contribution in [0.15, 0.2) is 84.0 Å². The molecule has 146 valence electrons. The number of nitrogens with zero attached hydrogens (tertiary/aromatic N) is 2. The molecule has 29 heavy (non-hydrogen) atoms. The molecule has 0 aliphatic heterocycles. The number of hydrogen-bond donors (Lipinski definition) is 1. The Labute approximate surface area is 167 Å². The highest BCUT2D eigenvalue weighted by molar-refractivity contribution is 5.99. The Hall–Kier alpha value is -4.00. The number of benzene rings is 3. The normalized spacial score (nSPS) is 11.0. The van der Waals surface area contributed by atoms with Crippen LogP contribution in [0.4, 0.5) is 5.69 Å². The van der Waals surface area contributed by atoms with Crippen LogP contribution in [0.5, 0.6) is 5.75 Å². The molecule has 0 aliphatic rings. The zero-order valence-electron chi connectivity index (χ0n) is 15.7. The summed E-state index contributed by atoms with van der Waals surface area (Å²) >= 11 is 0. The van der Waals surface area contributed by atoms with Crippen LogP contribution < -0.4 is 10.2 Å². The van der Waals surface area contributed by atoms with Gasteiger partial charge < -0.3 is 4.74 Å². The number of carbonyl (C=O) groups excluding carboxylic acids is 1. The fourth-order valence-electron chi connectivity index (χ4n) is 2.66. The van der Waals surface area contributed by atoms with E-state index in [9.17, 15) is 14.9 Å². The van der Waals surface area contributed by atoms with Gasteiger partial charge in [0.1, 0.15) is 5.75 Å². The predicted molar refractivity (Wildman–Crippen MR) is 111 cm³/mol. The molecule has 7 heteroatoms. The van der Waals surface area contributed by atoms with Gasteiger partial charge in [0.15, 0.2) is 6.61 Å². The topological polar surface area (TPSA) is 93.8 Å². The Morgan fingerprint density at radius 1 is 1.00 bits per heavy atom. The van der Waals surface area contributed by atoms with Gasteiger partial charge in [0.05, 0.1) is 10.6 Å². The lowest BCUT2D eigenvalue weighted by atomic mass is 10.1. The van der Waals surface area contributed by atoms with Crippen molar-refractivity contribution in [1.82, 2.24) is 5.43 Å². The van der Waals surface area contributed by atoms with Crippen LogP contribution in [0.25, 0.3) is 11.1 Å². The summed E-state index contributed by atoms with van der Waals surface area (Å²) in [6.45, 7) is 1.51. The van der Waals surface area contributed by atoms with Crippen molar-refractivity contribution in [2.24, 2.45) is 5.10 Å². The van der Waals surface area contributed by atoms with Crippen molar-refractivity contribution < 1.29 is 14.5 Å². The minimum absolute atomic E-state index is 0.00364. The average molecular weight is 389 g/mol. The van der Waals surface area contributed by atoms with E-state index in [2.05, 4.69) is 10.5 Å². The Morgan fingerprint density at radius 3 is 2.34 bits per heavy atom. The van der Waals surface area contributed by atoms with Crippen LogP contribution in [0.1, 0.15) is 12.5 Å². The maximum absolute atomic E-state index is 12.1. The molecule has 0 bridgehead atoms. The van der Waals surface area contributed by atoms with E-state index in [1.54, 1.807) is 25.1 Å². The molecule has 0 spiro atoms. The Bertz CT molecular complexity index is 1030. The summed E-state index contributed by atoms with van der Waals surface area (Å²) in [6, 6.07) is 23.2. The molecule has 7 nitrogen and oxygen atoms in total. The third kappa shape index (κ3) is 5.26. The van der Waals surface area contributed by atoms with Gasteiger partial charge in [-0.25, -0.2) is 5.43 Å². The van der Waals surface area contributed by atoms with Crippen LogP contribution >= 0.6 is 0 Å². The highest BCUT2D eigenvalue weighted by atomic mass is 16.6. The average Bonchev–Trinajstić information content (AvgIpc) is 2.77. The van der Waals surface area contributed by atoms with Gasteiger partial charge in [-0.15, -0.1) is 0 Å². The van der Waals surface area contributed by atoms with Gasteiger partial charge in [-0.3, -0.25) is 14.9 Å². The highest BCUT2D eigenvalue weighted by Crippen LogP contribution is 2.29. The number of hydrogen-bond acceptors (Lipinski definition) is 5. The van der Waals surface area contributed by atoms with E-state index in [0.717, 1.165) is 11.1 Å². The van der Waals surface area contributed by atoms with Crippen molar-refractivity contribution in [1.29, 1.82) is 0 Å². The number of nitro groups is 1. The summed E-state index contributed by atoms with van der Waals surface area (Å²) in [7, 11) is 0. The second kappa shape index (κ2) is 9.27. The maximum atomic E-state index is 12.1. The molecule has 0 saturated heterocycles. The summed E-state index contributed by atoms with van der Waals surface area (Å²) < 4.78 is 5.68. The number of para-hydroxylation sites is 1. The van der Waals surface area contributed by atoms with Gasteiger partial charge in [0, 0.05) is 17.7 Å². The molecule has 0 heterocycles. The molecule has 1 N–H and O–H groups in total. The van der Waals surface area contributed by atoms with E-state index in [1.807, 2.05) is 48.5 Å². The van der Waals surface area contributed by atoms with Crippen LogP contribution in [0.3, 0.4) is 0 Å². The van der Waals surface area contributed by atoms with Crippen molar-refractivity contribution in [2.45, 2.75) is 6.92 Å². The third-order valence-electron chi connectivity index (χ3n) is 4.17. The standard InChI is InChI=1S/C22H19N3O4/c1-16(17-11-13-19(14-12-17)25(27)28)23-24-22(26)15-29-21-10-6-5-9-20(21)18-7-3-2-4-8-18/h2-14H,15H2,1H3,(H,24,26)/b23-16-. The van der Waals surface area contributed by atoms with Gasteiger partial charge >= 0.3 is 0 Å². The second-order valence-electron chi connectivity index (χ2n) is 6.19. The SMILES string of the molecule is C/C(=N/NC(=O)COc1ccccc1-c1ccccc1)c1ccc([N+](=O)[O-])cc1. The van der Waals surface area contributed by atoms with Gasteiger partial charge in [-0.2, -0.15) is 5.10 Å². The largest absolute Gasteiger partial charge is 0.483 e. The number of amides is 1. The minimum atomic E-state index is -0.470. The number of carbonyl (C=O) groups is 1. The monoisotopic (exact) mass is 389 g/mol. The summed E-state index contributed by atoms with van der Waals surface area (Å²) in [5.41, 5.74) is 5.52. The van der Waals surface area contributed by atoms with E-state index < -0.39 is 10.8 Å². The molecule has 3 aromatic rings. The molecule has 0 radical (unpaired) electrons. The van der Waals surface area contributed by atoms with Gasteiger partial charge in [0.2, 0.25) is 0 Å². The molecule has 3 rings (SSSR count). The first-order valence-electron chi connectivity index (χ1n) is 8.90. The van der Waals surface area contributed by atoms with Crippen molar-refractivity contribution in [3.05, 3.63) is 94.5 Å². The summed E-state index contributed by atoms with van der Waals surface area (Å²) in [5, 5.41) is 14.7. The van der Waals surface area contributed by atoms with Crippen LogP contribution in [-0.4, -0.2) is 23.1 Å². The predicted octanol–water partition coefficient (Wildman–Crippen LogP) is 4.18. The zero-order chi connectivity index (χ0) is 20.6. The first kappa shape index (κ1) is 19.8. The molecule has 0 saturated carbocycles. The molecular weight excluding hydrogens is 370 g/mol. The summed E-state index contributed by atoms with van der Waals surface area (Å²) in [4.78, 5) is 22.3. The van der Waals surface area contributed by atoms with E-state index in [4.69, 9.17) is 4.74 Å². The van der Waals surface area contributed by atoms with Crippen molar-refractivity contribution in [2.75, 3.05) is 6.61 Å². The molecule has 3 aromatic carbocycles. The lowest BCUT2D eigenvalue weighted by molar-refractivity contribution is -0.384. The number of rotatable bonds is 7. The fourth-order valence-corrected chi connectivity index (χ4v) is 2.66. The molecule has 0 aliphatic carbocycles. The Morgan fingerprint density at radius 2 is 1.66 bits per heavy atom. The Balaban J connectivity index is 1.61. The fraction of sp³-hybridized carbons (Fsp3) is 0.0909. The molecule has 0 fully saturated rings. The number of ether oxygens (including phenoxy) is 1. The van der Waals surface area contributed by atoms with Crippen LogP contribution in [0, 0.1) is 10.1 Å². The van der Waals surface area contributed by atoms with Crippen LogP contribution in [-0.2, 0) is 4.79 Å². The van der Waals surface area contributed by atoms with Crippen LogP contribution in [0.2, 0.25) is 0 Å². The third-order valence-corrected chi connectivity index (χ3v) is 4.17. The second-order valence-corrected chi connectivity index (χ2v) is 6.19. The zero-order valence-corrected chi connectivity index (χ0v) is 15.7. The smallest absolute Gasteiger partial charge is 0.277 e. The summed E-state index contributed by atoms with van der Waals surface area (Å²) in [6.07, 6.45) is 0. The maximum Gasteiger partial charge on any atom is 0.277 e. The van der Waals surface area contributed by atoms with E-state index in [1.165, 1.54) is 12.1 Å². The molecule has 0 aromatic heterocycles. The lowest BCUT2D eigenvalue weighted by Crippen LogP contribution is -2.25. The Kier molecular flexibility index (Phi) is 6.32. The number of nitrogens with one attached hydrogen (secondary N) is 1. The molecular formula is C22H19N3O4. The van der Waals surface area contributed by atoms with E-state index in [0.29, 0.717) is 17.0 Å². The lowest BCUT2D eigenvalue weighted by Gasteiger charge is -2.11. The van der Waals surface area contributed by atoms with Gasteiger partial charge in [-0.05, 0) is 36.2 Å². The summed E-state index contributed by atoms with van der Waals surface area (Å²) in [5.74, 6) is 0.194. The number of hydrazone groups is 1. The minimum Gasteiger partial charge on any atom is -0.483 e. The molecule has 0 atom stereocenters. The van der Waals surface area contributed by atoms with Crippen molar-refractivity contribution in [3.63, 3.8) is 0 Å². The first-order valence-corrected chi connectivity index (χ1v) is 8.90.